The molecular weight excluding hydrogens is 339 g/mol. The Morgan fingerprint density at radius 1 is 1.45 bits per heavy atom. The van der Waals surface area contributed by atoms with E-state index in [0.717, 1.165) is 16.6 Å². The first-order valence-electron chi connectivity index (χ1n) is 6.48. The van der Waals surface area contributed by atoms with Crippen molar-refractivity contribution < 1.29 is 17.9 Å². The van der Waals surface area contributed by atoms with Gasteiger partial charge >= 0.3 is 6.18 Å². The Balaban J connectivity index is 2.77. The van der Waals surface area contributed by atoms with E-state index in [1.807, 2.05) is 13.8 Å². The topological polar surface area (TPSA) is 39.1 Å². The second-order valence-corrected chi connectivity index (χ2v) is 5.20. The van der Waals surface area contributed by atoms with Crippen molar-refractivity contribution in [3.05, 3.63) is 16.4 Å². The zero-order valence-electron chi connectivity index (χ0n) is 11.5. The highest BCUT2D eigenvalue weighted by Crippen LogP contribution is 2.25. The van der Waals surface area contributed by atoms with Crippen molar-refractivity contribution in [2.45, 2.75) is 39.0 Å². The van der Waals surface area contributed by atoms with Crippen LogP contribution >= 0.6 is 15.9 Å². The SMILES string of the molecule is CCCn1ncc(Br)c1C(COCC(F)(F)F)NCC. The van der Waals surface area contributed by atoms with E-state index >= 15 is 0 Å². The number of aromatic nitrogens is 2. The largest absolute Gasteiger partial charge is 0.411 e. The molecule has 0 aromatic carbocycles. The quantitative estimate of drug-likeness (QED) is 0.775. The summed E-state index contributed by atoms with van der Waals surface area (Å²) in [6.45, 7) is 3.95. The second kappa shape index (κ2) is 7.99. The lowest BCUT2D eigenvalue weighted by molar-refractivity contribution is -0.175. The van der Waals surface area contributed by atoms with E-state index in [1.165, 1.54) is 0 Å². The van der Waals surface area contributed by atoms with Crippen LogP contribution in [0.2, 0.25) is 0 Å². The van der Waals surface area contributed by atoms with Gasteiger partial charge in [-0.05, 0) is 28.9 Å². The first-order valence-corrected chi connectivity index (χ1v) is 7.27. The Morgan fingerprint density at radius 3 is 2.70 bits per heavy atom. The van der Waals surface area contributed by atoms with Gasteiger partial charge in [0, 0.05) is 6.54 Å². The lowest BCUT2D eigenvalue weighted by Crippen LogP contribution is -2.30. The molecule has 4 nitrogen and oxygen atoms in total. The minimum atomic E-state index is -4.31. The van der Waals surface area contributed by atoms with Crippen molar-refractivity contribution in [3.8, 4) is 0 Å². The van der Waals surface area contributed by atoms with Crippen molar-refractivity contribution in [2.75, 3.05) is 19.8 Å². The number of hydrogen-bond donors (Lipinski definition) is 1. The van der Waals surface area contributed by atoms with Crippen LogP contribution in [0.1, 0.15) is 32.0 Å². The number of likely N-dealkylation sites (N-methyl/N-ethyl adjacent to an activating group) is 1. The molecule has 0 fully saturated rings. The Morgan fingerprint density at radius 2 is 2.15 bits per heavy atom. The van der Waals surface area contributed by atoms with Crippen molar-refractivity contribution in [3.63, 3.8) is 0 Å². The van der Waals surface area contributed by atoms with Gasteiger partial charge in [-0.1, -0.05) is 13.8 Å². The van der Waals surface area contributed by atoms with E-state index < -0.39 is 12.8 Å². The Bertz CT molecular complexity index is 409. The number of nitrogens with zero attached hydrogens (tertiary/aromatic N) is 2. The highest BCUT2D eigenvalue weighted by atomic mass is 79.9. The van der Waals surface area contributed by atoms with Gasteiger partial charge in [0.1, 0.15) is 6.61 Å². The number of ether oxygens (including phenoxy) is 1. The normalized spacial score (nSPS) is 13.7. The fourth-order valence-electron chi connectivity index (χ4n) is 1.88. The maximum Gasteiger partial charge on any atom is 0.411 e. The summed E-state index contributed by atoms with van der Waals surface area (Å²) in [5, 5.41) is 7.35. The minimum Gasteiger partial charge on any atom is -0.370 e. The molecule has 0 saturated heterocycles. The van der Waals surface area contributed by atoms with E-state index in [1.54, 1.807) is 10.9 Å². The molecule has 0 radical (unpaired) electrons. The molecule has 1 unspecified atom stereocenters. The predicted octanol–water partition coefficient (Wildman–Crippen LogP) is 3.29. The highest BCUT2D eigenvalue weighted by molar-refractivity contribution is 9.10. The van der Waals surface area contributed by atoms with Gasteiger partial charge in [-0.2, -0.15) is 18.3 Å². The van der Waals surface area contributed by atoms with Crippen LogP contribution in [0, 0.1) is 0 Å². The number of halogens is 4. The van der Waals surface area contributed by atoms with Crippen LogP contribution < -0.4 is 5.32 Å². The van der Waals surface area contributed by atoms with Gasteiger partial charge in [-0.3, -0.25) is 4.68 Å². The molecule has 8 heteroatoms. The number of alkyl halides is 3. The standard InChI is InChI=1S/C12H19BrF3N3O/c1-3-5-19-11(9(13)6-18-19)10(17-4-2)7-20-8-12(14,15)16/h6,10,17H,3-5,7-8H2,1-2H3. The van der Waals surface area contributed by atoms with E-state index in [0.29, 0.717) is 13.1 Å². The third-order valence-corrected chi connectivity index (χ3v) is 3.21. The zero-order valence-corrected chi connectivity index (χ0v) is 13.1. The molecule has 1 rings (SSSR count). The average molecular weight is 358 g/mol. The molecule has 0 aliphatic rings. The van der Waals surface area contributed by atoms with E-state index in [4.69, 9.17) is 4.74 Å². The number of hydrogen-bond acceptors (Lipinski definition) is 3. The summed E-state index contributed by atoms with van der Waals surface area (Å²) in [5.41, 5.74) is 0.816. The van der Waals surface area contributed by atoms with Crippen molar-refractivity contribution in [1.82, 2.24) is 15.1 Å². The van der Waals surface area contributed by atoms with Crippen LogP contribution in [-0.2, 0) is 11.3 Å². The van der Waals surface area contributed by atoms with Gasteiger partial charge < -0.3 is 10.1 Å². The van der Waals surface area contributed by atoms with Crippen LogP contribution in [0.5, 0.6) is 0 Å². The molecule has 116 valence electrons. The first kappa shape index (κ1) is 17.5. The molecule has 1 aromatic rings. The summed E-state index contributed by atoms with van der Waals surface area (Å²) in [7, 11) is 0. The monoisotopic (exact) mass is 357 g/mol. The van der Waals surface area contributed by atoms with Gasteiger partial charge in [0.15, 0.2) is 0 Å². The van der Waals surface area contributed by atoms with Crippen LogP contribution in [0.25, 0.3) is 0 Å². The number of aryl methyl sites for hydroxylation is 1. The molecule has 1 heterocycles. The molecule has 0 bridgehead atoms. The lowest BCUT2D eigenvalue weighted by Gasteiger charge is -2.20. The van der Waals surface area contributed by atoms with Gasteiger partial charge in [-0.25, -0.2) is 0 Å². The zero-order chi connectivity index (χ0) is 15.2. The third-order valence-electron chi connectivity index (χ3n) is 2.60. The maximum atomic E-state index is 12.1. The van der Waals surface area contributed by atoms with Crippen molar-refractivity contribution in [2.24, 2.45) is 0 Å². The first-order chi connectivity index (χ1) is 9.39. The van der Waals surface area contributed by atoms with E-state index in [2.05, 4.69) is 26.3 Å². The van der Waals surface area contributed by atoms with Gasteiger partial charge in [-0.15, -0.1) is 0 Å². The summed E-state index contributed by atoms with van der Waals surface area (Å²) < 4.78 is 43.8. The van der Waals surface area contributed by atoms with Crippen molar-refractivity contribution >= 4 is 15.9 Å². The second-order valence-electron chi connectivity index (χ2n) is 4.34. The summed E-state index contributed by atoms with van der Waals surface area (Å²) >= 11 is 3.39. The summed E-state index contributed by atoms with van der Waals surface area (Å²) in [6.07, 6.45) is -1.76. The fraction of sp³-hybridized carbons (Fsp3) is 0.750. The number of rotatable bonds is 8. The molecule has 1 N–H and O–H groups in total. The Hall–Kier alpha value is -0.600. The van der Waals surface area contributed by atoms with Crippen LogP contribution in [0.3, 0.4) is 0 Å². The molecule has 1 aromatic heterocycles. The van der Waals surface area contributed by atoms with Gasteiger partial charge in [0.2, 0.25) is 0 Å². The Labute approximate surface area is 124 Å². The summed E-state index contributed by atoms with van der Waals surface area (Å²) in [6, 6.07) is -0.328. The van der Waals surface area contributed by atoms with E-state index in [9.17, 15) is 13.2 Å². The van der Waals surface area contributed by atoms with Crippen LogP contribution in [-0.4, -0.2) is 35.7 Å². The number of nitrogens with one attached hydrogen (secondary N) is 1. The Kier molecular flexibility index (Phi) is 6.97. The molecule has 0 spiro atoms. The average Bonchev–Trinajstić information content (AvgIpc) is 2.69. The maximum absolute atomic E-state index is 12.1. The van der Waals surface area contributed by atoms with Crippen molar-refractivity contribution in [1.29, 1.82) is 0 Å². The highest BCUT2D eigenvalue weighted by Gasteiger charge is 2.28. The molecule has 0 amide bonds. The summed E-state index contributed by atoms with van der Waals surface area (Å²) in [4.78, 5) is 0. The fourth-order valence-corrected chi connectivity index (χ4v) is 2.45. The van der Waals surface area contributed by atoms with E-state index in [-0.39, 0.29) is 12.6 Å². The smallest absolute Gasteiger partial charge is 0.370 e. The lowest BCUT2D eigenvalue weighted by atomic mass is 10.2. The third kappa shape index (κ3) is 5.41. The predicted molar refractivity (Wildman–Crippen MR) is 73.5 cm³/mol. The van der Waals surface area contributed by atoms with Crippen LogP contribution in [0.4, 0.5) is 13.2 Å². The molecule has 0 saturated carbocycles. The van der Waals surface area contributed by atoms with Gasteiger partial charge in [0.05, 0.1) is 29.0 Å². The minimum absolute atomic E-state index is 0.0542. The molecule has 0 aliphatic carbocycles. The molecule has 0 aliphatic heterocycles. The van der Waals surface area contributed by atoms with Crippen LogP contribution in [0.15, 0.2) is 10.7 Å². The summed E-state index contributed by atoms with van der Waals surface area (Å²) in [5.74, 6) is 0. The molecular formula is C12H19BrF3N3O. The molecule has 1 atom stereocenters. The molecule has 20 heavy (non-hydrogen) atoms. The van der Waals surface area contributed by atoms with Gasteiger partial charge in [0.25, 0.3) is 0 Å².